The van der Waals surface area contributed by atoms with Crippen molar-refractivity contribution in [2.75, 3.05) is 38.2 Å². The largest absolute Gasteiger partial charge is 0.493 e. The van der Waals surface area contributed by atoms with Crippen LogP contribution in [0.4, 0.5) is 5.69 Å². The number of halogens is 1. The van der Waals surface area contributed by atoms with Gasteiger partial charge >= 0.3 is 0 Å². The number of hydrogen-bond donors (Lipinski definition) is 2. The van der Waals surface area contributed by atoms with Gasteiger partial charge in [0.25, 0.3) is 11.8 Å². The number of carbonyl (C=O) groups excluding carboxylic acids is 2. The molecule has 0 aliphatic carbocycles. The number of hydrogen-bond acceptors (Lipinski definition) is 5. The van der Waals surface area contributed by atoms with Crippen molar-refractivity contribution >= 4 is 50.8 Å². The topological polar surface area (TPSA) is 79.9 Å². The van der Waals surface area contributed by atoms with Crippen molar-refractivity contribution in [3.8, 4) is 5.75 Å². The Morgan fingerprint density at radius 2 is 1.93 bits per heavy atom. The molecule has 1 fully saturated rings. The third-order valence-electron chi connectivity index (χ3n) is 4.42. The van der Waals surface area contributed by atoms with Crippen molar-refractivity contribution in [3.05, 3.63) is 58.1 Å². The van der Waals surface area contributed by atoms with E-state index in [2.05, 4.69) is 26.6 Å². The number of benzene rings is 2. The maximum atomic E-state index is 12.9. The highest BCUT2D eigenvalue weighted by molar-refractivity contribution is 9.10. The van der Waals surface area contributed by atoms with Crippen molar-refractivity contribution in [2.45, 2.75) is 6.92 Å². The third-order valence-corrected chi connectivity index (χ3v) is 5.25. The van der Waals surface area contributed by atoms with Gasteiger partial charge in [-0.2, -0.15) is 0 Å². The lowest BCUT2D eigenvalue weighted by molar-refractivity contribution is 0.0303. The van der Waals surface area contributed by atoms with Crippen LogP contribution in [0.2, 0.25) is 0 Å². The highest BCUT2D eigenvalue weighted by Crippen LogP contribution is 2.26. The van der Waals surface area contributed by atoms with Gasteiger partial charge in [-0.3, -0.25) is 14.9 Å². The molecule has 0 spiro atoms. The summed E-state index contributed by atoms with van der Waals surface area (Å²) in [5, 5.41) is 5.71. The first-order valence-corrected chi connectivity index (χ1v) is 10.7. The molecule has 7 nitrogen and oxygen atoms in total. The molecule has 0 radical (unpaired) electrons. The van der Waals surface area contributed by atoms with E-state index in [1.807, 2.05) is 6.92 Å². The average molecular weight is 492 g/mol. The van der Waals surface area contributed by atoms with Crippen LogP contribution in [0.3, 0.4) is 0 Å². The first-order valence-electron chi connectivity index (χ1n) is 9.50. The zero-order chi connectivity index (χ0) is 21.5. The summed E-state index contributed by atoms with van der Waals surface area (Å²) in [4.78, 5) is 27.1. The van der Waals surface area contributed by atoms with Crippen LogP contribution in [0.1, 0.15) is 27.6 Å². The Labute approximate surface area is 188 Å². The Kier molecular flexibility index (Phi) is 7.78. The van der Waals surface area contributed by atoms with Crippen LogP contribution in [-0.2, 0) is 4.74 Å². The second kappa shape index (κ2) is 10.5. The molecule has 0 unspecified atom stereocenters. The number of nitrogens with one attached hydrogen (secondary N) is 2. The Hall–Kier alpha value is -2.49. The molecule has 1 heterocycles. The van der Waals surface area contributed by atoms with E-state index in [9.17, 15) is 9.59 Å². The van der Waals surface area contributed by atoms with E-state index in [-0.39, 0.29) is 16.9 Å². The predicted octanol–water partition coefficient (Wildman–Crippen LogP) is 3.45. The van der Waals surface area contributed by atoms with Crippen LogP contribution in [0, 0.1) is 0 Å². The first kappa shape index (κ1) is 22.2. The van der Waals surface area contributed by atoms with Crippen LogP contribution in [0.15, 0.2) is 46.9 Å². The number of para-hydroxylation sites is 1. The van der Waals surface area contributed by atoms with E-state index in [1.165, 1.54) is 0 Å². The van der Waals surface area contributed by atoms with Gasteiger partial charge in [-0.25, -0.2) is 0 Å². The Morgan fingerprint density at radius 1 is 1.20 bits per heavy atom. The third kappa shape index (κ3) is 5.56. The zero-order valence-electron chi connectivity index (χ0n) is 16.4. The summed E-state index contributed by atoms with van der Waals surface area (Å²) in [5.74, 6) is 0.185. The van der Waals surface area contributed by atoms with Gasteiger partial charge < -0.3 is 19.7 Å². The van der Waals surface area contributed by atoms with Crippen LogP contribution in [0.5, 0.6) is 5.75 Å². The molecule has 30 heavy (non-hydrogen) atoms. The maximum Gasteiger partial charge on any atom is 0.257 e. The van der Waals surface area contributed by atoms with Gasteiger partial charge in [0.15, 0.2) is 5.11 Å². The molecule has 2 aromatic rings. The molecule has 1 aliphatic rings. The molecule has 1 saturated heterocycles. The summed E-state index contributed by atoms with van der Waals surface area (Å²) < 4.78 is 11.4. The quantitative estimate of drug-likeness (QED) is 0.623. The summed E-state index contributed by atoms with van der Waals surface area (Å²) >= 11 is 8.69. The number of anilines is 1. The molecule has 0 atom stereocenters. The zero-order valence-corrected chi connectivity index (χ0v) is 18.8. The normalized spacial score (nSPS) is 13.5. The minimum absolute atomic E-state index is 0.104. The Morgan fingerprint density at radius 3 is 2.63 bits per heavy atom. The molecular formula is C21H22BrN3O4S. The lowest BCUT2D eigenvalue weighted by Gasteiger charge is -2.27. The van der Waals surface area contributed by atoms with Crippen molar-refractivity contribution in [1.29, 1.82) is 0 Å². The second-order valence-corrected chi connectivity index (χ2v) is 7.70. The van der Waals surface area contributed by atoms with Crippen molar-refractivity contribution in [1.82, 2.24) is 10.2 Å². The standard InChI is InChI=1S/C21H22BrN3O4S/c1-2-29-18-8-7-14(13-16(18)22)19(26)24-21(30)23-17-6-4-3-5-15(17)20(27)25-9-11-28-12-10-25/h3-8,13H,2,9-12H2,1H3,(H2,23,24,26,30). The lowest BCUT2D eigenvalue weighted by Crippen LogP contribution is -2.41. The summed E-state index contributed by atoms with van der Waals surface area (Å²) in [6.07, 6.45) is 0. The van der Waals surface area contributed by atoms with Crippen molar-refractivity contribution in [3.63, 3.8) is 0 Å². The van der Waals surface area contributed by atoms with Gasteiger partial charge in [-0.1, -0.05) is 12.1 Å². The summed E-state index contributed by atoms with van der Waals surface area (Å²) in [6.45, 7) is 4.54. The smallest absolute Gasteiger partial charge is 0.257 e. The summed E-state index contributed by atoms with van der Waals surface area (Å²) in [7, 11) is 0. The Balaban J connectivity index is 1.67. The number of ether oxygens (including phenoxy) is 2. The fourth-order valence-electron chi connectivity index (χ4n) is 2.96. The van der Waals surface area contributed by atoms with Gasteiger partial charge in [-0.15, -0.1) is 0 Å². The van der Waals surface area contributed by atoms with Gasteiger partial charge in [0.2, 0.25) is 0 Å². The number of amides is 2. The maximum absolute atomic E-state index is 12.9. The predicted molar refractivity (Wildman–Crippen MR) is 122 cm³/mol. The van der Waals surface area contributed by atoms with E-state index < -0.39 is 0 Å². The summed E-state index contributed by atoms with van der Waals surface area (Å²) in [5.41, 5.74) is 1.44. The number of rotatable bonds is 5. The molecule has 0 aromatic heterocycles. The number of nitrogens with zero attached hydrogens (tertiary/aromatic N) is 1. The number of morpholine rings is 1. The van der Waals surface area contributed by atoms with Crippen LogP contribution in [0.25, 0.3) is 0 Å². The fraction of sp³-hybridized carbons (Fsp3) is 0.286. The van der Waals surface area contributed by atoms with Crippen molar-refractivity contribution < 1.29 is 19.1 Å². The lowest BCUT2D eigenvalue weighted by atomic mass is 10.1. The minimum atomic E-state index is -0.367. The molecular weight excluding hydrogens is 470 g/mol. The molecule has 158 valence electrons. The van der Waals surface area contributed by atoms with Crippen LogP contribution in [-0.4, -0.2) is 54.7 Å². The molecule has 0 bridgehead atoms. The first-order chi connectivity index (χ1) is 14.5. The van der Waals surface area contributed by atoms with Gasteiger partial charge in [0.05, 0.1) is 35.5 Å². The SMILES string of the molecule is CCOc1ccc(C(=O)NC(=S)Nc2ccccc2C(=O)N2CCOCC2)cc1Br. The van der Waals surface area contributed by atoms with Gasteiger partial charge in [0, 0.05) is 18.7 Å². The van der Waals surface area contributed by atoms with E-state index >= 15 is 0 Å². The van der Waals surface area contributed by atoms with Gasteiger partial charge in [0.1, 0.15) is 5.75 Å². The molecule has 9 heteroatoms. The fourth-order valence-corrected chi connectivity index (χ4v) is 3.65. The molecule has 3 rings (SSSR count). The number of thiocarbonyl (C=S) groups is 1. The Bertz CT molecular complexity index is 948. The highest BCUT2D eigenvalue weighted by Gasteiger charge is 2.21. The molecule has 2 N–H and O–H groups in total. The monoisotopic (exact) mass is 491 g/mol. The van der Waals surface area contributed by atoms with Crippen LogP contribution >= 0.6 is 28.1 Å². The molecule has 2 amide bonds. The molecule has 0 saturated carbocycles. The number of carbonyl (C=O) groups is 2. The molecule has 2 aromatic carbocycles. The minimum Gasteiger partial charge on any atom is -0.493 e. The van der Waals surface area contributed by atoms with E-state index in [1.54, 1.807) is 47.4 Å². The van der Waals surface area contributed by atoms with E-state index in [0.29, 0.717) is 59.9 Å². The average Bonchev–Trinajstić information content (AvgIpc) is 2.75. The molecule has 1 aliphatic heterocycles. The van der Waals surface area contributed by atoms with Crippen LogP contribution < -0.4 is 15.4 Å². The summed E-state index contributed by atoms with van der Waals surface area (Å²) in [6, 6.07) is 12.1. The van der Waals surface area contributed by atoms with Gasteiger partial charge in [-0.05, 0) is 65.4 Å². The highest BCUT2D eigenvalue weighted by atomic mass is 79.9. The van der Waals surface area contributed by atoms with E-state index in [4.69, 9.17) is 21.7 Å². The second-order valence-electron chi connectivity index (χ2n) is 6.44. The van der Waals surface area contributed by atoms with E-state index in [0.717, 1.165) is 0 Å². The van der Waals surface area contributed by atoms with Crippen molar-refractivity contribution in [2.24, 2.45) is 0 Å².